The van der Waals surface area contributed by atoms with Crippen LogP contribution in [0.25, 0.3) is 0 Å². The number of carboxylic acid groups (broad SMARTS) is 1. The predicted octanol–water partition coefficient (Wildman–Crippen LogP) is -2.37. The third kappa shape index (κ3) is 2.94. The molecule has 0 radical (unpaired) electrons. The van der Waals surface area contributed by atoms with E-state index in [-0.39, 0.29) is 0 Å². The Morgan fingerprint density at radius 3 is 2.24 bits per heavy atom. The van der Waals surface area contributed by atoms with Crippen molar-refractivity contribution in [3.05, 3.63) is 0 Å². The van der Waals surface area contributed by atoms with Gasteiger partial charge >= 0.3 is 5.97 Å². The van der Waals surface area contributed by atoms with Crippen LogP contribution in [0, 0.1) is 5.92 Å². The van der Waals surface area contributed by atoms with Gasteiger partial charge in [0.05, 0.1) is 24.4 Å². The second-order valence-corrected chi connectivity index (χ2v) is 5.23. The number of aliphatic hydroxyl groups excluding tert-OH is 3. The number of hydrogen-bond acceptors (Lipinski definition) is 8. The Balaban J connectivity index is 2.27. The maximum absolute atomic E-state index is 11.0. The van der Waals surface area contributed by atoms with Gasteiger partial charge in [-0.25, -0.2) is 4.79 Å². The summed E-state index contributed by atoms with van der Waals surface area (Å²) in [6.45, 7) is 1.13. The van der Waals surface area contributed by atoms with Gasteiger partial charge in [0, 0.05) is 19.3 Å². The van der Waals surface area contributed by atoms with Gasteiger partial charge in [0.2, 0.25) is 0 Å². The van der Waals surface area contributed by atoms with Gasteiger partial charge in [0.15, 0.2) is 0 Å². The molecule has 1 amide bonds. The molecule has 2 aliphatic rings. The van der Waals surface area contributed by atoms with Crippen LogP contribution in [-0.2, 0) is 14.3 Å². The topological polar surface area (TPSA) is 169 Å². The van der Waals surface area contributed by atoms with E-state index in [9.17, 15) is 30.0 Å². The standard InChI is InChI=1S/C11H16N2O8/c1-3(14)12-13-6-4(15)2-11(20,10(18)19)21-9(6)5-7(16)8(5)17/h4-9,15-17,20H,2H2,1H3,(H,18,19)/t4?,5?,6-,7+,8?,9?,11-/m1/s1. The van der Waals surface area contributed by atoms with Gasteiger partial charge in [-0.1, -0.05) is 0 Å². The number of carboxylic acids is 1. The number of ether oxygens (including phenoxy) is 1. The molecule has 0 aromatic carbocycles. The highest BCUT2D eigenvalue weighted by molar-refractivity contribution is 5.75. The van der Waals surface area contributed by atoms with E-state index in [1.165, 1.54) is 0 Å². The molecule has 1 aliphatic carbocycles. The molecule has 118 valence electrons. The van der Waals surface area contributed by atoms with E-state index in [0.717, 1.165) is 6.92 Å². The number of nitrogens with zero attached hydrogens (tertiary/aromatic N) is 2. The average molecular weight is 304 g/mol. The van der Waals surface area contributed by atoms with Gasteiger partial charge in [-0.2, -0.15) is 5.11 Å². The lowest BCUT2D eigenvalue weighted by molar-refractivity contribution is -0.279. The lowest BCUT2D eigenvalue weighted by Gasteiger charge is -2.40. The van der Waals surface area contributed by atoms with Crippen LogP contribution in [0.4, 0.5) is 0 Å². The second kappa shape index (κ2) is 5.39. The number of rotatable bonds is 3. The zero-order chi connectivity index (χ0) is 15.9. The Bertz CT molecular complexity index is 475. The van der Waals surface area contributed by atoms with Crippen LogP contribution in [0.5, 0.6) is 0 Å². The minimum absolute atomic E-state index is 0.642. The van der Waals surface area contributed by atoms with E-state index in [1.807, 2.05) is 0 Å². The first-order chi connectivity index (χ1) is 9.67. The van der Waals surface area contributed by atoms with E-state index in [1.54, 1.807) is 0 Å². The van der Waals surface area contributed by atoms with Crippen molar-refractivity contribution in [3.8, 4) is 0 Å². The van der Waals surface area contributed by atoms with Crippen LogP contribution in [0.15, 0.2) is 10.2 Å². The van der Waals surface area contributed by atoms with Crippen molar-refractivity contribution in [2.24, 2.45) is 16.1 Å². The Hall–Kier alpha value is -1.46. The molecule has 0 aromatic rings. The summed E-state index contributed by atoms with van der Waals surface area (Å²) in [5.41, 5.74) is 0. The van der Waals surface area contributed by atoms with Crippen LogP contribution in [0.2, 0.25) is 0 Å². The van der Waals surface area contributed by atoms with Crippen LogP contribution < -0.4 is 0 Å². The minimum Gasteiger partial charge on any atom is -0.477 e. The highest BCUT2D eigenvalue weighted by Gasteiger charge is 2.62. The monoisotopic (exact) mass is 304 g/mol. The summed E-state index contributed by atoms with van der Waals surface area (Å²) in [6, 6.07) is -1.18. The van der Waals surface area contributed by atoms with Gasteiger partial charge in [-0.3, -0.25) is 4.79 Å². The molecule has 10 nitrogen and oxygen atoms in total. The number of aliphatic hydroxyl groups is 4. The summed E-state index contributed by atoms with van der Waals surface area (Å²) in [5, 5.41) is 54.5. The molecule has 1 saturated heterocycles. The molecule has 1 aliphatic heterocycles. The van der Waals surface area contributed by atoms with Crippen molar-refractivity contribution >= 4 is 11.9 Å². The number of hydrogen-bond donors (Lipinski definition) is 5. The average Bonchev–Trinajstić information content (AvgIpc) is 2.94. The van der Waals surface area contributed by atoms with Gasteiger partial charge in [-0.05, 0) is 0 Å². The molecule has 21 heavy (non-hydrogen) atoms. The molecule has 2 rings (SSSR count). The van der Waals surface area contributed by atoms with Crippen LogP contribution >= 0.6 is 0 Å². The third-order valence-corrected chi connectivity index (χ3v) is 3.59. The van der Waals surface area contributed by atoms with Crippen LogP contribution in [-0.4, -0.2) is 73.7 Å². The van der Waals surface area contributed by atoms with E-state index < -0.39 is 60.5 Å². The molecule has 0 spiro atoms. The smallest absolute Gasteiger partial charge is 0.364 e. The summed E-state index contributed by atoms with van der Waals surface area (Å²) >= 11 is 0. The van der Waals surface area contributed by atoms with E-state index in [0.29, 0.717) is 0 Å². The Morgan fingerprint density at radius 2 is 1.81 bits per heavy atom. The van der Waals surface area contributed by atoms with E-state index >= 15 is 0 Å². The Labute approximate surface area is 118 Å². The van der Waals surface area contributed by atoms with Gasteiger partial charge in [0.25, 0.3) is 11.7 Å². The van der Waals surface area contributed by atoms with Crippen molar-refractivity contribution in [2.45, 2.75) is 49.6 Å². The maximum atomic E-state index is 11.0. The Morgan fingerprint density at radius 1 is 1.24 bits per heavy atom. The molecule has 4 unspecified atom stereocenters. The molecule has 5 N–H and O–H groups in total. The predicted molar refractivity (Wildman–Crippen MR) is 62.9 cm³/mol. The quantitative estimate of drug-likeness (QED) is 0.360. The summed E-state index contributed by atoms with van der Waals surface area (Å²) in [5.74, 6) is -5.94. The first-order valence-corrected chi connectivity index (χ1v) is 6.26. The molecular weight excluding hydrogens is 288 g/mol. The molecular formula is C11H16N2O8. The number of aliphatic carboxylic acids is 1. The number of azo groups is 1. The molecule has 0 bridgehead atoms. The Kier molecular flexibility index (Phi) is 4.08. The third-order valence-electron chi connectivity index (χ3n) is 3.59. The van der Waals surface area contributed by atoms with Crippen molar-refractivity contribution in [1.29, 1.82) is 0 Å². The fourth-order valence-electron chi connectivity index (χ4n) is 2.39. The fourth-order valence-corrected chi connectivity index (χ4v) is 2.39. The molecule has 1 saturated carbocycles. The molecule has 7 atom stereocenters. The summed E-state index contributed by atoms with van der Waals surface area (Å²) in [7, 11) is 0. The van der Waals surface area contributed by atoms with Gasteiger partial charge in [-0.15, -0.1) is 5.11 Å². The van der Waals surface area contributed by atoms with Gasteiger partial charge < -0.3 is 30.3 Å². The fraction of sp³-hybridized carbons (Fsp3) is 0.818. The summed E-state index contributed by atoms with van der Waals surface area (Å²) < 4.78 is 5.03. The minimum atomic E-state index is -2.66. The number of carbonyl (C=O) groups is 2. The highest BCUT2D eigenvalue weighted by atomic mass is 16.7. The molecule has 10 heteroatoms. The SMILES string of the molecule is CC(=O)N=N[C@@H]1C(O)C[C@](O)(C(=O)O)OC1C1C(O)[C@H]1O. The van der Waals surface area contributed by atoms with Gasteiger partial charge in [0.1, 0.15) is 6.04 Å². The second-order valence-electron chi connectivity index (χ2n) is 5.23. The molecule has 0 aromatic heterocycles. The summed E-state index contributed by atoms with van der Waals surface area (Å²) in [6.07, 6.45) is -5.81. The van der Waals surface area contributed by atoms with Crippen LogP contribution in [0.1, 0.15) is 13.3 Å². The zero-order valence-electron chi connectivity index (χ0n) is 11.0. The maximum Gasteiger partial charge on any atom is 0.364 e. The summed E-state index contributed by atoms with van der Waals surface area (Å²) in [4.78, 5) is 21.9. The number of amides is 1. The highest BCUT2D eigenvalue weighted by Crippen LogP contribution is 2.43. The lowest BCUT2D eigenvalue weighted by Crippen LogP contribution is -2.58. The first-order valence-electron chi connectivity index (χ1n) is 6.26. The zero-order valence-corrected chi connectivity index (χ0v) is 11.0. The largest absolute Gasteiger partial charge is 0.477 e. The molecule has 1 heterocycles. The normalized spacial score (nSPS) is 46.5. The van der Waals surface area contributed by atoms with Crippen molar-refractivity contribution in [2.75, 3.05) is 0 Å². The van der Waals surface area contributed by atoms with Crippen molar-refractivity contribution < 1.29 is 39.9 Å². The first kappa shape index (κ1) is 15.9. The van der Waals surface area contributed by atoms with E-state index in [2.05, 4.69) is 10.2 Å². The lowest BCUT2D eigenvalue weighted by atomic mass is 9.91. The van der Waals surface area contributed by atoms with E-state index in [4.69, 9.17) is 9.84 Å². The number of carbonyl (C=O) groups excluding carboxylic acids is 1. The molecule has 2 fully saturated rings. The van der Waals surface area contributed by atoms with Crippen molar-refractivity contribution in [1.82, 2.24) is 0 Å². The van der Waals surface area contributed by atoms with Crippen LogP contribution in [0.3, 0.4) is 0 Å². The van der Waals surface area contributed by atoms with Crippen molar-refractivity contribution in [3.63, 3.8) is 0 Å².